The Morgan fingerprint density at radius 1 is 1.03 bits per heavy atom. The van der Waals surface area contributed by atoms with E-state index < -0.39 is 0 Å². The molecule has 0 bridgehead atoms. The van der Waals surface area contributed by atoms with Gasteiger partial charge in [0.15, 0.2) is 0 Å². The minimum atomic E-state index is -0.0412. The van der Waals surface area contributed by atoms with Crippen LogP contribution in [0.1, 0.15) is 39.0 Å². The Hall–Kier alpha value is -2.31. The van der Waals surface area contributed by atoms with Crippen LogP contribution in [0.15, 0.2) is 48.8 Å². The number of piperidine rings is 1. The molecule has 1 aromatic heterocycles. The third-order valence-corrected chi connectivity index (χ3v) is 7.69. The van der Waals surface area contributed by atoms with Crippen molar-refractivity contribution in [3.63, 3.8) is 0 Å². The monoisotopic (exact) mass is 450 g/mol. The summed E-state index contributed by atoms with van der Waals surface area (Å²) in [5.41, 5.74) is 2.44. The van der Waals surface area contributed by atoms with Gasteiger partial charge in [0.25, 0.3) is 0 Å². The summed E-state index contributed by atoms with van der Waals surface area (Å²) >= 11 is 0. The number of hydrogen-bond donors (Lipinski definition) is 0. The Bertz CT molecular complexity index is 867. The van der Waals surface area contributed by atoms with E-state index in [4.69, 9.17) is 9.47 Å². The molecule has 6 heteroatoms. The van der Waals surface area contributed by atoms with E-state index in [1.165, 1.54) is 30.8 Å². The molecule has 3 saturated heterocycles. The molecule has 3 aliphatic heterocycles. The molecule has 1 spiro atoms. The highest BCUT2D eigenvalue weighted by Crippen LogP contribution is 2.34. The third kappa shape index (κ3) is 5.44. The minimum Gasteiger partial charge on any atom is -0.494 e. The van der Waals surface area contributed by atoms with Crippen LogP contribution in [0.5, 0.6) is 5.75 Å². The van der Waals surface area contributed by atoms with Crippen LogP contribution in [0.25, 0.3) is 0 Å². The molecule has 2 aromatic rings. The highest BCUT2D eigenvalue weighted by molar-refractivity contribution is 5.50. The first kappa shape index (κ1) is 22.5. The van der Waals surface area contributed by atoms with Crippen LogP contribution in [0.4, 0.5) is 11.4 Å². The first-order valence-corrected chi connectivity index (χ1v) is 12.7. The van der Waals surface area contributed by atoms with Gasteiger partial charge in [0.2, 0.25) is 0 Å². The number of anilines is 2. The first-order valence-electron chi connectivity index (χ1n) is 12.7. The average Bonchev–Trinajstić information content (AvgIpc) is 3.28. The molecule has 0 radical (unpaired) electrons. The lowest BCUT2D eigenvalue weighted by atomic mass is 9.89. The zero-order valence-electron chi connectivity index (χ0n) is 20.0. The van der Waals surface area contributed by atoms with Crippen molar-refractivity contribution < 1.29 is 9.47 Å². The molecule has 0 unspecified atom stereocenters. The minimum absolute atomic E-state index is 0.0412. The van der Waals surface area contributed by atoms with E-state index in [0.717, 1.165) is 77.0 Å². The molecule has 0 amide bonds. The molecule has 1 atom stereocenters. The summed E-state index contributed by atoms with van der Waals surface area (Å²) < 4.78 is 12.4. The number of morpholine rings is 1. The maximum Gasteiger partial charge on any atom is 0.119 e. The maximum atomic E-state index is 6.35. The van der Waals surface area contributed by atoms with E-state index >= 15 is 0 Å². The fourth-order valence-electron chi connectivity index (χ4n) is 5.62. The number of ether oxygens (including phenoxy) is 2. The summed E-state index contributed by atoms with van der Waals surface area (Å²) in [5.74, 6) is 0.976. The van der Waals surface area contributed by atoms with Gasteiger partial charge in [-0.2, -0.15) is 0 Å². The van der Waals surface area contributed by atoms with E-state index in [-0.39, 0.29) is 5.60 Å². The molecule has 1 aromatic carbocycles. The summed E-state index contributed by atoms with van der Waals surface area (Å²) in [6.45, 7) is 10.3. The van der Waals surface area contributed by atoms with Crippen LogP contribution >= 0.6 is 0 Å². The molecule has 0 N–H and O–H groups in total. The number of aromatic nitrogens is 1. The molecule has 0 aliphatic carbocycles. The SMILES string of the molecule is C[C@@H]1CCCN1CCCOc1ccc(N2CCC3(CC2)CN(c2cccnc2)CCO3)cc1. The number of pyridine rings is 1. The number of likely N-dealkylation sites (tertiary alicyclic amines) is 1. The van der Waals surface area contributed by atoms with Crippen LogP contribution in [0.2, 0.25) is 0 Å². The fraction of sp³-hybridized carbons (Fsp3) is 0.593. The highest BCUT2D eigenvalue weighted by Gasteiger charge is 2.40. The van der Waals surface area contributed by atoms with Gasteiger partial charge in [-0.05, 0) is 82.0 Å². The lowest BCUT2D eigenvalue weighted by Gasteiger charge is -2.48. The second-order valence-electron chi connectivity index (χ2n) is 9.87. The van der Waals surface area contributed by atoms with Gasteiger partial charge in [-0.15, -0.1) is 0 Å². The molecule has 4 heterocycles. The molecule has 3 fully saturated rings. The van der Waals surface area contributed by atoms with Crippen LogP contribution in [0, 0.1) is 0 Å². The zero-order valence-corrected chi connectivity index (χ0v) is 20.0. The van der Waals surface area contributed by atoms with Gasteiger partial charge < -0.3 is 24.2 Å². The number of rotatable bonds is 7. The van der Waals surface area contributed by atoms with Crippen molar-refractivity contribution in [1.29, 1.82) is 0 Å². The zero-order chi connectivity index (χ0) is 22.5. The second-order valence-corrected chi connectivity index (χ2v) is 9.87. The van der Waals surface area contributed by atoms with Crippen molar-refractivity contribution in [3.05, 3.63) is 48.8 Å². The predicted octanol–water partition coefficient (Wildman–Crippen LogP) is 4.21. The standard InChI is InChI=1S/C27H38N4O2/c1-23-5-3-14-29(23)15-4-19-32-26-9-7-24(8-10-26)30-16-11-27(12-17-30)22-31(18-20-33-27)25-6-2-13-28-21-25/h2,6-10,13,21,23H,3-5,11-12,14-20,22H2,1H3/t23-/m1/s1. The summed E-state index contributed by atoms with van der Waals surface area (Å²) in [6, 6.07) is 13.6. The van der Waals surface area contributed by atoms with Crippen molar-refractivity contribution in [1.82, 2.24) is 9.88 Å². The van der Waals surface area contributed by atoms with E-state index in [2.05, 4.69) is 56.9 Å². The van der Waals surface area contributed by atoms with Crippen LogP contribution in [-0.4, -0.2) is 74.0 Å². The quantitative estimate of drug-likeness (QED) is 0.589. The van der Waals surface area contributed by atoms with Gasteiger partial charge >= 0.3 is 0 Å². The molecular formula is C27H38N4O2. The normalized spacial score (nSPS) is 23.2. The fourth-order valence-corrected chi connectivity index (χ4v) is 5.62. The Morgan fingerprint density at radius 3 is 2.61 bits per heavy atom. The topological polar surface area (TPSA) is 41.1 Å². The number of hydrogen-bond acceptors (Lipinski definition) is 6. The van der Waals surface area contributed by atoms with Crippen molar-refractivity contribution in [2.75, 3.05) is 62.3 Å². The first-order chi connectivity index (χ1) is 16.2. The van der Waals surface area contributed by atoms with Crippen molar-refractivity contribution in [2.24, 2.45) is 0 Å². The van der Waals surface area contributed by atoms with E-state index in [9.17, 15) is 0 Å². The van der Waals surface area contributed by atoms with Crippen molar-refractivity contribution in [2.45, 2.75) is 50.7 Å². The van der Waals surface area contributed by atoms with Gasteiger partial charge in [0, 0.05) is 50.6 Å². The molecule has 33 heavy (non-hydrogen) atoms. The molecule has 0 saturated carbocycles. The Kier molecular flexibility index (Phi) is 7.02. The molecular weight excluding hydrogens is 412 g/mol. The Labute approximate surface area is 198 Å². The van der Waals surface area contributed by atoms with Gasteiger partial charge in [-0.25, -0.2) is 0 Å². The molecule has 3 aliphatic rings. The van der Waals surface area contributed by atoms with Gasteiger partial charge in [0.1, 0.15) is 5.75 Å². The summed E-state index contributed by atoms with van der Waals surface area (Å²) in [5, 5.41) is 0. The summed E-state index contributed by atoms with van der Waals surface area (Å²) in [6.07, 6.45) is 9.68. The largest absolute Gasteiger partial charge is 0.494 e. The van der Waals surface area contributed by atoms with E-state index in [0.29, 0.717) is 0 Å². The Morgan fingerprint density at radius 2 is 1.88 bits per heavy atom. The highest BCUT2D eigenvalue weighted by atomic mass is 16.5. The molecule has 5 rings (SSSR count). The van der Waals surface area contributed by atoms with Crippen LogP contribution in [-0.2, 0) is 4.74 Å². The number of nitrogens with zero attached hydrogens (tertiary/aromatic N) is 4. The van der Waals surface area contributed by atoms with Crippen LogP contribution in [0.3, 0.4) is 0 Å². The lowest BCUT2D eigenvalue weighted by molar-refractivity contribution is -0.0704. The Balaban J connectivity index is 1.08. The van der Waals surface area contributed by atoms with Gasteiger partial charge in [-0.3, -0.25) is 4.98 Å². The maximum absolute atomic E-state index is 6.35. The number of benzene rings is 1. The predicted molar refractivity (Wildman–Crippen MR) is 133 cm³/mol. The van der Waals surface area contributed by atoms with E-state index in [1.807, 2.05) is 18.5 Å². The average molecular weight is 451 g/mol. The summed E-state index contributed by atoms with van der Waals surface area (Å²) in [4.78, 5) is 11.8. The van der Waals surface area contributed by atoms with Crippen LogP contribution < -0.4 is 14.5 Å². The smallest absolute Gasteiger partial charge is 0.119 e. The second kappa shape index (κ2) is 10.3. The van der Waals surface area contributed by atoms with E-state index in [1.54, 1.807) is 0 Å². The lowest BCUT2D eigenvalue weighted by Crippen LogP contribution is -2.57. The van der Waals surface area contributed by atoms with Gasteiger partial charge in [0.05, 0.1) is 30.7 Å². The molecule has 178 valence electrons. The van der Waals surface area contributed by atoms with Gasteiger partial charge in [-0.1, -0.05) is 0 Å². The summed E-state index contributed by atoms with van der Waals surface area (Å²) in [7, 11) is 0. The van der Waals surface area contributed by atoms with Crippen molar-refractivity contribution in [3.8, 4) is 5.75 Å². The molecule has 6 nitrogen and oxygen atoms in total. The van der Waals surface area contributed by atoms with Crippen molar-refractivity contribution >= 4 is 11.4 Å². The third-order valence-electron chi connectivity index (χ3n) is 7.69.